The number of carbonyl (C=O) groups excluding carboxylic acids is 3. The molecule has 2 fully saturated rings. The van der Waals surface area contributed by atoms with Gasteiger partial charge < -0.3 is 0 Å². The maximum absolute atomic E-state index is 12.8. The molecule has 1 heterocycles. The Morgan fingerprint density at radius 3 is 2.11 bits per heavy atom. The van der Waals surface area contributed by atoms with Crippen LogP contribution in [0.3, 0.4) is 0 Å². The van der Waals surface area contributed by atoms with Gasteiger partial charge in [-0.1, -0.05) is 67.4 Å². The van der Waals surface area contributed by atoms with Crippen molar-refractivity contribution in [3.63, 3.8) is 0 Å². The number of nitrogens with zero attached hydrogens (tertiary/aromatic N) is 2. The van der Waals surface area contributed by atoms with E-state index in [1.54, 1.807) is 0 Å². The standard InChI is InChI=1S/C23H24N2O3/c26-21-16-22(27)25(20-8-4-5-9-20)23(28)24(21)15-14-17-10-12-19(13-11-17)18-6-2-1-3-7-18/h1-3,6-7,10-13,20H,4-5,8-9,14-16H2. The lowest BCUT2D eigenvalue weighted by Gasteiger charge is -2.36. The molecule has 0 atom stereocenters. The molecule has 4 rings (SSSR count). The summed E-state index contributed by atoms with van der Waals surface area (Å²) < 4.78 is 0. The number of amides is 4. The van der Waals surface area contributed by atoms with Crippen molar-refractivity contribution in [3.05, 3.63) is 60.2 Å². The average Bonchev–Trinajstić information content (AvgIpc) is 3.23. The molecule has 2 aliphatic rings. The number of hydrogen-bond acceptors (Lipinski definition) is 3. The van der Waals surface area contributed by atoms with Crippen LogP contribution in [0.2, 0.25) is 0 Å². The number of barbiturate groups is 1. The molecule has 28 heavy (non-hydrogen) atoms. The van der Waals surface area contributed by atoms with Gasteiger partial charge in [-0.3, -0.25) is 19.4 Å². The highest BCUT2D eigenvalue weighted by Gasteiger charge is 2.41. The zero-order chi connectivity index (χ0) is 19.5. The lowest BCUT2D eigenvalue weighted by atomic mass is 10.0. The minimum atomic E-state index is -0.436. The van der Waals surface area contributed by atoms with Gasteiger partial charge in [0.15, 0.2) is 0 Å². The molecule has 1 saturated carbocycles. The zero-order valence-electron chi connectivity index (χ0n) is 15.8. The highest BCUT2D eigenvalue weighted by atomic mass is 16.2. The van der Waals surface area contributed by atoms with E-state index in [0.717, 1.165) is 42.4 Å². The summed E-state index contributed by atoms with van der Waals surface area (Å²) in [5, 5.41) is 0. The highest BCUT2D eigenvalue weighted by molar-refractivity contribution is 6.14. The van der Waals surface area contributed by atoms with Gasteiger partial charge in [0.25, 0.3) is 0 Å². The monoisotopic (exact) mass is 376 g/mol. The summed E-state index contributed by atoms with van der Waals surface area (Å²) in [6.07, 6.45) is 4.14. The third-order valence-electron chi connectivity index (χ3n) is 5.68. The van der Waals surface area contributed by atoms with E-state index in [9.17, 15) is 14.4 Å². The van der Waals surface area contributed by atoms with E-state index >= 15 is 0 Å². The molecule has 144 valence electrons. The molecule has 0 radical (unpaired) electrons. The van der Waals surface area contributed by atoms with Gasteiger partial charge in [0.05, 0.1) is 0 Å². The molecular formula is C23H24N2O3. The molecule has 5 heteroatoms. The van der Waals surface area contributed by atoms with Crippen LogP contribution in [-0.2, 0) is 16.0 Å². The number of benzene rings is 2. The molecule has 5 nitrogen and oxygen atoms in total. The number of carbonyl (C=O) groups is 3. The number of rotatable bonds is 5. The van der Waals surface area contributed by atoms with Gasteiger partial charge >= 0.3 is 6.03 Å². The van der Waals surface area contributed by atoms with Crippen LogP contribution < -0.4 is 0 Å². The molecule has 2 aromatic carbocycles. The minimum Gasteiger partial charge on any atom is -0.274 e. The second-order valence-electron chi connectivity index (χ2n) is 7.52. The Morgan fingerprint density at radius 2 is 1.43 bits per heavy atom. The number of imide groups is 2. The van der Waals surface area contributed by atoms with Crippen LogP contribution in [0.15, 0.2) is 54.6 Å². The van der Waals surface area contributed by atoms with Crippen molar-refractivity contribution in [1.29, 1.82) is 0 Å². The van der Waals surface area contributed by atoms with Crippen molar-refractivity contribution in [2.45, 2.75) is 44.6 Å². The second-order valence-corrected chi connectivity index (χ2v) is 7.52. The summed E-state index contributed by atoms with van der Waals surface area (Å²) in [7, 11) is 0. The van der Waals surface area contributed by atoms with Gasteiger partial charge in [-0.2, -0.15) is 0 Å². The van der Waals surface area contributed by atoms with Crippen molar-refractivity contribution in [2.24, 2.45) is 0 Å². The molecule has 0 spiro atoms. The van der Waals surface area contributed by atoms with Crippen LogP contribution in [0, 0.1) is 0 Å². The molecule has 0 bridgehead atoms. The summed E-state index contributed by atoms with van der Waals surface area (Å²) >= 11 is 0. The van der Waals surface area contributed by atoms with Gasteiger partial charge in [0.2, 0.25) is 11.8 Å². The third-order valence-corrected chi connectivity index (χ3v) is 5.68. The van der Waals surface area contributed by atoms with E-state index in [2.05, 4.69) is 24.3 Å². The van der Waals surface area contributed by atoms with Crippen LogP contribution in [0.4, 0.5) is 4.79 Å². The van der Waals surface area contributed by atoms with Crippen molar-refractivity contribution in [3.8, 4) is 11.1 Å². The summed E-state index contributed by atoms with van der Waals surface area (Å²) in [5.74, 6) is -0.726. The first kappa shape index (κ1) is 18.4. The van der Waals surface area contributed by atoms with Crippen LogP contribution in [0.1, 0.15) is 37.7 Å². The van der Waals surface area contributed by atoms with Crippen LogP contribution in [0.25, 0.3) is 11.1 Å². The fourth-order valence-corrected chi connectivity index (χ4v) is 4.13. The molecule has 0 N–H and O–H groups in total. The smallest absolute Gasteiger partial charge is 0.274 e. The Balaban J connectivity index is 1.42. The number of urea groups is 1. The number of hydrogen-bond donors (Lipinski definition) is 0. The quantitative estimate of drug-likeness (QED) is 0.741. The van der Waals surface area contributed by atoms with E-state index in [0.29, 0.717) is 13.0 Å². The Bertz CT molecular complexity index is 870. The van der Waals surface area contributed by atoms with Crippen molar-refractivity contribution in [2.75, 3.05) is 6.54 Å². The lowest BCUT2D eigenvalue weighted by molar-refractivity contribution is -0.143. The van der Waals surface area contributed by atoms with E-state index in [4.69, 9.17) is 0 Å². The summed E-state index contributed by atoms with van der Waals surface area (Å²) in [6, 6.07) is 17.8. The lowest BCUT2D eigenvalue weighted by Crippen LogP contribution is -2.58. The van der Waals surface area contributed by atoms with Crippen molar-refractivity contribution < 1.29 is 14.4 Å². The molecular weight excluding hydrogens is 352 g/mol. The van der Waals surface area contributed by atoms with Crippen LogP contribution in [0.5, 0.6) is 0 Å². The molecule has 1 aliphatic carbocycles. The van der Waals surface area contributed by atoms with Crippen molar-refractivity contribution >= 4 is 17.8 Å². The van der Waals surface area contributed by atoms with Crippen LogP contribution in [-0.4, -0.2) is 40.2 Å². The second kappa shape index (κ2) is 7.97. The van der Waals surface area contributed by atoms with Gasteiger partial charge in [-0.15, -0.1) is 0 Å². The fourth-order valence-electron chi connectivity index (χ4n) is 4.13. The minimum absolute atomic E-state index is 0.0410. The predicted molar refractivity (Wildman–Crippen MR) is 106 cm³/mol. The van der Waals surface area contributed by atoms with Gasteiger partial charge in [-0.05, 0) is 36.0 Å². The molecule has 2 aromatic rings. The summed E-state index contributed by atoms with van der Waals surface area (Å²) in [5.41, 5.74) is 3.35. The van der Waals surface area contributed by atoms with E-state index in [-0.39, 0.29) is 24.3 Å². The SMILES string of the molecule is O=C1CC(=O)N(C2CCCC2)C(=O)N1CCc1ccc(-c2ccccc2)cc1. The maximum Gasteiger partial charge on any atom is 0.333 e. The predicted octanol–water partition coefficient (Wildman–Crippen LogP) is 4.02. The highest BCUT2D eigenvalue weighted by Crippen LogP contribution is 2.27. The molecule has 1 aliphatic heterocycles. The average molecular weight is 376 g/mol. The molecule has 0 unspecified atom stereocenters. The first-order valence-corrected chi connectivity index (χ1v) is 9.94. The first-order valence-electron chi connectivity index (χ1n) is 9.94. The fraction of sp³-hybridized carbons (Fsp3) is 0.348. The Kier molecular flexibility index (Phi) is 5.24. The van der Waals surface area contributed by atoms with Gasteiger partial charge in [-0.25, -0.2) is 4.79 Å². The largest absolute Gasteiger partial charge is 0.333 e. The topological polar surface area (TPSA) is 57.7 Å². The van der Waals surface area contributed by atoms with E-state index in [1.807, 2.05) is 30.3 Å². The third kappa shape index (κ3) is 3.70. The summed E-state index contributed by atoms with van der Waals surface area (Å²) in [4.78, 5) is 39.9. The summed E-state index contributed by atoms with van der Waals surface area (Å²) in [6.45, 7) is 0.304. The Morgan fingerprint density at radius 1 is 0.786 bits per heavy atom. The molecule has 0 aromatic heterocycles. The molecule has 4 amide bonds. The maximum atomic E-state index is 12.8. The van der Waals surface area contributed by atoms with Gasteiger partial charge in [0, 0.05) is 12.6 Å². The van der Waals surface area contributed by atoms with Gasteiger partial charge in [0.1, 0.15) is 6.42 Å². The Hall–Kier alpha value is -2.95. The Labute approximate surface area is 164 Å². The first-order chi connectivity index (χ1) is 13.6. The zero-order valence-corrected chi connectivity index (χ0v) is 15.8. The van der Waals surface area contributed by atoms with E-state index in [1.165, 1.54) is 9.80 Å². The van der Waals surface area contributed by atoms with Crippen LogP contribution >= 0.6 is 0 Å². The van der Waals surface area contributed by atoms with E-state index < -0.39 is 6.03 Å². The normalized spacial score (nSPS) is 18.2. The molecule has 1 saturated heterocycles. The van der Waals surface area contributed by atoms with Crippen molar-refractivity contribution in [1.82, 2.24) is 9.80 Å².